The number of aryl methyl sites for hydroxylation is 1. The normalized spacial score (nSPS) is 10.9. The third-order valence-corrected chi connectivity index (χ3v) is 3.17. The fourth-order valence-electron chi connectivity index (χ4n) is 2.09. The Morgan fingerprint density at radius 2 is 1.95 bits per heavy atom. The van der Waals surface area contributed by atoms with Gasteiger partial charge in [0, 0.05) is 18.7 Å². The SMILES string of the molecule is Cc1ccc(NCCc2nc3nc(N)[nH]c(=O)c3[nH]2)cc1. The number of nitrogen functional groups attached to an aromatic ring is 1. The quantitative estimate of drug-likeness (QED) is 0.575. The summed E-state index contributed by atoms with van der Waals surface area (Å²) in [7, 11) is 0. The zero-order chi connectivity index (χ0) is 14.8. The van der Waals surface area contributed by atoms with Gasteiger partial charge in [0.1, 0.15) is 5.82 Å². The number of imidazole rings is 1. The first-order chi connectivity index (χ1) is 10.1. The number of nitrogens with two attached hydrogens (primary N) is 1. The van der Waals surface area contributed by atoms with E-state index in [-0.39, 0.29) is 11.5 Å². The number of fused-ring (bicyclic) bond motifs is 1. The second kappa shape index (κ2) is 5.28. The number of benzene rings is 1. The molecule has 0 saturated carbocycles. The van der Waals surface area contributed by atoms with E-state index in [1.807, 2.05) is 12.1 Å². The average Bonchev–Trinajstić information content (AvgIpc) is 2.84. The third-order valence-electron chi connectivity index (χ3n) is 3.17. The molecule has 108 valence electrons. The van der Waals surface area contributed by atoms with Crippen LogP contribution in [-0.2, 0) is 6.42 Å². The van der Waals surface area contributed by atoms with Crippen molar-refractivity contribution in [3.8, 4) is 0 Å². The smallest absolute Gasteiger partial charge is 0.278 e. The molecule has 1 aromatic carbocycles. The van der Waals surface area contributed by atoms with Crippen LogP contribution in [0.15, 0.2) is 29.1 Å². The van der Waals surface area contributed by atoms with Gasteiger partial charge in [0.15, 0.2) is 11.2 Å². The maximum Gasteiger partial charge on any atom is 0.278 e. The summed E-state index contributed by atoms with van der Waals surface area (Å²) in [4.78, 5) is 25.4. The Hall–Kier alpha value is -2.83. The Bertz CT molecular complexity index is 818. The maximum atomic E-state index is 11.7. The Labute approximate surface area is 120 Å². The first-order valence-electron chi connectivity index (χ1n) is 6.67. The highest BCUT2D eigenvalue weighted by molar-refractivity contribution is 5.70. The molecule has 0 amide bonds. The van der Waals surface area contributed by atoms with E-state index in [9.17, 15) is 4.79 Å². The van der Waals surface area contributed by atoms with Crippen LogP contribution in [0.5, 0.6) is 0 Å². The molecular weight excluding hydrogens is 268 g/mol. The van der Waals surface area contributed by atoms with Crippen LogP contribution in [0.3, 0.4) is 0 Å². The second-order valence-corrected chi connectivity index (χ2v) is 4.88. The number of aromatic nitrogens is 4. The van der Waals surface area contributed by atoms with Gasteiger partial charge in [0.05, 0.1) is 0 Å². The molecule has 0 atom stereocenters. The van der Waals surface area contributed by atoms with E-state index in [1.54, 1.807) is 0 Å². The van der Waals surface area contributed by atoms with Crippen LogP contribution in [0.2, 0.25) is 0 Å². The van der Waals surface area contributed by atoms with E-state index >= 15 is 0 Å². The summed E-state index contributed by atoms with van der Waals surface area (Å²) in [6.07, 6.45) is 0.656. The molecule has 0 spiro atoms. The number of nitrogens with one attached hydrogen (secondary N) is 3. The van der Waals surface area contributed by atoms with Crippen molar-refractivity contribution < 1.29 is 0 Å². The number of H-pyrrole nitrogens is 2. The van der Waals surface area contributed by atoms with Crippen LogP contribution in [-0.4, -0.2) is 26.5 Å². The van der Waals surface area contributed by atoms with Crippen LogP contribution in [0.1, 0.15) is 11.4 Å². The lowest BCUT2D eigenvalue weighted by atomic mass is 10.2. The monoisotopic (exact) mass is 284 g/mol. The fraction of sp³-hybridized carbons (Fsp3) is 0.214. The van der Waals surface area contributed by atoms with Gasteiger partial charge in [-0.1, -0.05) is 17.7 Å². The fourth-order valence-corrected chi connectivity index (χ4v) is 2.09. The zero-order valence-electron chi connectivity index (χ0n) is 11.6. The lowest BCUT2D eigenvalue weighted by Gasteiger charge is -2.05. The van der Waals surface area contributed by atoms with Crippen LogP contribution in [0.25, 0.3) is 11.2 Å². The minimum atomic E-state index is -0.303. The van der Waals surface area contributed by atoms with Crippen LogP contribution < -0.4 is 16.6 Å². The molecule has 0 bridgehead atoms. The van der Waals surface area contributed by atoms with Crippen molar-refractivity contribution >= 4 is 22.8 Å². The summed E-state index contributed by atoms with van der Waals surface area (Å²) in [6, 6.07) is 8.16. The summed E-state index contributed by atoms with van der Waals surface area (Å²) in [5.41, 5.74) is 8.17. The molecule has 0 fully saturated rings. The van der Waals surface area contributed by atoms with E-state index in [4.69, 9.17) is 5.73 Å². The number of aromatic amines is 2. The summed E-state index contributed by atoms with van der Waals surface area (Å²) < 4.78 is 0. The number of anilines is 2. The lowest BCUT2D eigenvalue weighted by molar-refractivity contribution is 0.933. The molecule has 2 aromatic heterocycles. The highest BCUT2D eigenvalue weighted by Crippen LogP contribution is 2.09. The summed E-state index contributed by atoms with van der Waals surface area (Å²) in [5, 5.41) is 3.30. The lowest BCUT2D eigenvalue weighted by Crippen LogP contribution is -2.11. The first kappa shape index (κ1) is 13.2. The van der Waals surface area contributed by atoms with Gasteiger partial charge in [-0.2, -0.15) is 4.98 Å². The summed E-state index contributed by atoms with van der Waals surface area (Å²) >= 11 is 0. The van der Waals surface area contributed by atoms with Crippen LogP contribution in [0.4, 0.5) is 11.6 Å². The summed E-state index contributed by atoms with van der Waals surface area (Å²) in [5.74, 6) is 0.775. The molecule has 0 aliphatic heterocycles. The molecule has 5 N–H and O–H groups in total. The van der Waals surface area contributed by atoms with Gasteiger partial charge in [-0.3, -0.25) is 9.78 Å². The second-order valence-electron chi connectivity index (χ2n) is 4.88. The van der Waals surface area contributed by atoms with Crippen molar-refractivity contribution in [1.29, 1.82) is 0 Å². The van der Waals surface area contributed by atoms with E-state index in [1.165, 1.54) is 5.56 Å². The topological polar surface area (TPSA) is 112 Å². The number of hydrogen-bond donors (Lipinski definition) is 4. The number of hydrogen-bond acceptors (Lipinski definition) is 5. The number of rotatable bonds is 4. The third kappa shape index (κ3) is 2.86. The molecule has 3 aromatic rings. The van der Waals surface area contributed by atoms with Gasteiger partial charge < -0.3 is 16.0 Å². The number of nitrogens with zero attached hydrogens (tertiary/aromatic N) is 2. The predicted molar refractivity (Wildman–Crippen MR) is 82.3 cm³/mol. The van der Waals surface area contributed by atoms with Gasteiger partial charge in [-0.05, 0) is 19.1 Å². The Morgan fingerprint density at radius 1 is 1.19 bits per heavy atom. The highest BCUT2D eigenvalue weighted by atomic mass is 16.1. The molecule has 0 saturated heterocycles. The molecular formula is C14H16N6O. The van der Waals surface area contributed by atoms with Crippen molar-refractivity contribution in [3.05, 3.63) is 46.0 Å². The van der Waals surface area contributed by atoms with Crippen molar-refractivity contribution in [3.63, 3.8) is 0 Å². The molecule has 3 rings (SSSR count). The highest BCUT2D eigenvalue weighted by Gasteiger charge is 2.08. The molecule has 21 heavy (non-hydrogen) atoms. The zero-order valence-corrected chi connectivity index (χ0v) is 11.6. The van der Waals surface area contributed by atoms with Gasteiger partial charge in [-0.15, -0.1) is 0 Å². The minimum absolute atomic E-state index is 0.0725. The minimum Gasteiger partial charge on any atom is -0.385 e. The molecule has 0 radical (unpaired) electrons. The first-order valence-corrected chi connectivity index (χ1v) is 6.67. The van der Waals surface area contributed by atoms with Gasteiger partial charge in [0.25, 0.3) is 5.56 Å². The van der Waals surface area contributed by atoms with E-state index in [2.05, 4.69) is 44.3 Å². The van der Waals surface area contributed by atoms with E-state index in [0.717, 1.165) is 5.69 Å². The molecule has 2 heterocycles. The van der Waals surface area contributed by atoms with Crippen molar-refractivity contribution in [1.82, 2.24) is 19.9 Å². The van der Waals surface area contributed by atoms with Crippen molar-refractivity contribution in [2.75, 3.05) is 17.6 Å². The predicted octanol–water partition coefficient (Wildman–Crippen LogP) is 1.19. The van der Waals surface area contributed by atoms with Crippen molar-refractivity contribution in [2.24, 2.45) is 0 Å². The molecule has 0 unspecified atom stereocenters. The van der Waals surface area contributed by atoms with Crippen molar-refractivity contribution in [2.45, 2.75) is 13.3 Å². The Morgan fingerprint density at radius 3 is 2.71 bits per heavy atom. The van der Waals surface area contributed by atoms with Gasteiger partial charge >= 0.3 is 0 Å². The van der Waals surface area contributed by atoms with Gasteiger partial charge in [-0.25, -0.2) is 4.98 Å². The maximum absolute atomic E-state index is 11.7. The molecule has 0 aliphatic rings. The Kier molecular flexibility index (Phi) is 3.31. The Balaban J connectivity index is 1.69. The molecule has 7 nitrogen and oxygen atoms in total. The van der Waals surface area contributed by atoms with Crippen LogP contribution >= 0.6 is 0 Å². The van der Waals surface area contributed by atoms with Crippen LogP contribution in [0, 0.1) is 6.92 Å². The van der Waals surface area contributed by atoms with E-state index < -0.39 is 0 Å². The standard InChI is InChI=1S/C14H16N6O/c1-8-2-4-9(5-3-8)16-7-6-10-17-11-12(18-10)19-14(15)20-13(11)21/h2-5,16H,6-7H2,1H3,(H4,15,17,18,19,20,21). The van der Waals surface area contributed by atoms with Gasteiger partial charge in [0.2, 0.25) is 5.95 Å². The molecule has 7 heteroatoms. The molecule has 0 aliphatic carbocycles. The van der Waals surface area contributed by atoms with E-state index in [0.29, 0.717) is 30.0 Å². The summed E-state index contributed by atoms with van der Waals surface area (Å²) in [6.45, 7) is 2.75. The largest absolute Gasteiger partial charge is 0.385 e. The average molecular weight is 284 g/mol.